The number of rotatable bonds is 8. The Morgan fingerprint density at radius 3 is 1.50 bits per heavy atom. The smallest absolute Gasteiger partial charge is 0.305 e. The van der Waals surface area contributed by atoms with Gasteiger partial charge in [0.15, 0.2) is 0 Å². The average molecular weight is 591 g/mol. The van der Waals surface area contributed by atoms with Crippen molar-refractivity contribution in [2.75, 3.05) is 14.2 Å². The molecule has 8 heteroatoms. The molecule has 2 aliphatic heterocycles. The molecule has 0 aliphatic carbocycles. The van der Waals surface area contributed by atoms with Gasteiger partial charge >= 0.3 is 11.9 Å². The van der Waals surface area contributed by atoms with Gasteiger partial charge in [0, 0.05) is 46.1 Å². The number of nitrogens with one attached hydrogen (secondary N) is 2. The number of methoxy groups -OCH3 is 2. The molecule has 0 unspecified atom stereocenters. The maximum Gasteiger partial charge on any atom is 0.305 e. The summed E-state index contributed by atoms with van der Waals surface area (Å²) in [5.41, 5.74) is 14.7. The van der Waals surface area contributed by atoms with Crippen molar-refractivity contribution in [2.24, 2.45) is 0 Å². The molecule has 8 nitrogen and oxygen atoms in total. The van der Waals surface area contributed by atoms with Gasteiger partial charge in [0.1, 0.15) is 0 Å². The van der Waals surface area contributed by atoms with Gasteiger partial charge in [-0.3, -0.25) is 9.59 Å². The van der Waals surface area contributed by atoms with E-state index in [2.05, 4.69) is 29.2 Å². The lowest BCUT2D eigenvalue weighted by Gasteiger charge is -2.02. The summed E-state index contributed by atoms with van der Waals surface area (Å²) >= 11 is 0. The van der Waals surface area contributed by atoms with Crippen molar-refractivity contribution in [3.8, 4) is 0 Å². The molecule has 3 aromatic heterocycles. The van der Waals surface area contributed by atoms with Gasteiger partial charge in [0.05, 0.1) is 37.0 Å². The van der Waals surface area contributed by atoms with E-state index in [-0.39, 0.29) is 24.8 Å². The van der Waals surface area contributed by atoms with Crippen LogP contribution in [0.25, 0.3) is 44.4 Å². The Bertz CT molecular complexity index is 1950. The number of hydrogen-bond acceptors (Lipinski definition) is 6. The van der Waals surface area contributed by atoms with Crippen molar-refractivity contribution >= 4 is 56.3 Å². The first-order valence-electron chi connectivity index (χ1n) is 14.6. The number of fused-ring (bicyclic) bond motifs is 8. The van der Waals surface area contributed by atoms with E-state index in [1.807, 2.05) is 58.0 Å². The third kappa shape index (κ3) is 5.55. The maximum atomic E-state index is 12.2. The standard InChI is InChI=1S/C36H38N4O4/c1-9-23-19(3)27-15-28-21(5)25(11-13-35(41)43-7)33(39-28)18-34-26(12-14-36(42)44-8)22(6)30(40-34)17-32-24(10-2)20(4)29(38-32)16-31(23)37-27/h9-10,15-18,39-40H,1-2,11-14H2,3-8H3. The summed E-state index contributed by atoms with van der Waals surface area (Å²) in [6.45, 7) is 16.3. The largest absolute Gasteiger partial charge is 0.469 e. The fourth-order valence-corrected chi connectivity index (χ4v) is 5.97. The molecule has 44 heavy (non-hydrogen) atoms. The van der Waals surface area contributed by atoms with Crippen LogP contribution in [0.4, 0.5) is 0 Å². The number of aryl methyl sites for hydroxylation is 4. The predicted octanol–water partition coefficient (Wildman–Crippen LogP) is 7.38. The summed E-state index contributed by atoms with van der Waals surface area (Å²) in [5, 5.41) is 0. The van der Waals surface area contributed by atoms with Gasteiger partial charge in [-0.15, -0.1) is 0 Å². The van der Waals surface area contributed by atoms with Crippen LogP contribution < -0.4 is 0 Å². The molecule has 2 N–H and O–H groups in total. The van der Waals surface area contributed by atoms with Crippen molar-refractivity contribution in [1.29, 1.82) is 0 Å². The number of nitrogens with zero attached hydrogens (tertiary/aromatic N) is 2. The van der Waals surface area contributed by atoms with Crippen LogP contribution in [0.5, 0.6) is 0 Å². The Morgan fingerprint density at radius 1 is 0.659 bits per heavy atom. The second kappa shape index (κ2) is 12.3. The summed E-state index contributed by atoms with van der Waals surface area (Å²) in [6.07, 6.45) is 5.15. The van der Waals surface area contributed by atoms with E-state index in [4.69, 9.17) is 19.4 Å². The molecule has 0 spiro atoms. The number of carbonyl (C=O) groups is 2. The second-order valence-electron chi connectivity index (χ2n) is 11.1. The molecule has 3 aromatic rings. The Balaban J connectivity index is 1.92. The Labute approximate surface area is 257 Å². The normalized spacial score (nSPS) is 12.9. The fourth-order valence-electron chi connectivity index (χ4n) is 5.97. The molecule has 0 radical (unpaired) electrons. The highest BCUT2D eigenvalue weighted by atomic mass is 16.5. The highest BCUT2D eigenvalue weighted by molar-refractivity contribution is 5.99. The molecule has 0 saturated heterocycles. The first-order chi connectivity index (χ1) is 21.1. The van der Waals surface area contributed by atoms with Crippen LogP contribution in [0.2, 0.25) is 0 Å². The minimum atomic E-state index is -0.273. The third-order valence-electron chi connectivity index (χ3n) is 8.66. The Morgan fingerprint density at radius 2 is 1.07 bits per heavy atom. The number of aromatic nitrogens is 4. The summed E-state index contributed by atoms with van der Waals surface area (Å²) in [6, 6.07) is 8.14. The van der Waals surface area contributed by atoms with Gasteiger partial charge in [-0.2, -0.15) is 0 Å². The summed E-state index contributed by atoms with van der Waals surface area (Å²) in [4.78, 5) is 41.5. The molecule has 0 aromatic carbocycles. The highest BCUT2D eigenvalue weighted by Crippen LogP contribution is 2.36. The van der Waals surface area contributed by atoms with E-state index in [9.17, 15) is 9.59 Å². The SMILES string of the molecule is C=CC1=C(C)c2cc3[nH]c(cc4[nH]c(cc5nc(cc1n2)C(C)=C5C=C)c(C)c4CCC(=O)OC)c(CCC(=O)OC)c3C. The number of hydrogen-bond donors (Lipinski definition) is 2. The van der Waals surface area contributed by atoms with Gasteiger partial charge in [0.25, 0.3) is 0 Å². The van der Waals surface area contributed by atoms with Crippen LogP contribution in [0.15, 0.2) is 49.6 Å². The van der Waals surface area contributed by atoms with Gasteiger partial charge < -0.3 is 19.4 Å². The number of ether oxygens (including phenoxy) is 2. The molecular weight excluding hydrogens is 552 g/mol. The molecule has 0 saturated carbocycles. The van der Waals surface area contributed by atoms with Crippen LogP contribution in [0.1, 0.15) is 71.7 Å². The summed E-state index contributed by atoms with van der Waals surface area (Å²) in [7, 11) is 2.80. The predicted molar refractivity (Wildman–Crippen MR) is 177 cm³/mol. The lowest BCUT2D eigenvalue weighted by molar-refractivity contribution is -0.141. The van der Waals surface area contributed by atoms with E-state index in [1.54, 1.807) is 0 Å². The van der Waals surface area contributed by atoms with Crippen LogP contribution in [-0.4, -0.2) is 46.1 Å². The lowest BCUT2D eigenvalue weighted by atomic mass is 10.0. The van der Waals surface area contributed by atoms with E-state index in [0.717, 1.165) is 89.4 Å². The summed E-state index contributed by atoms with van der Waals surface area (Å²) in [5.74, 6) is -0.546. The minimum absolute atomic E-state index is 0.244. The number of carbonyl (C=O) groups excluding carboxylic acids is 2. The quantitative estimate of drug-likeness (QED) is 0.265. The van der Waals surface area contributed by atoms with Gasteiger partial charge in [-0.05, 0) is 98.2 Å². The van der Waals surface area contributed by atoms with E-state index in [0.29, 0.717) is 12.8 Å². The zero-order chi connectivity index (χ0) is 31.7. The van der Waals surface area contributed by atoms with Crippen molar-refractivity contribution in [1.82, 2.24) is 19.9 Å². The molecular formula is C36H38N4O4. The minimum Gasteiger partial charge on any atom is -0.469 e. The van der Waals surface area contributed by atoms with Crippen molar-refractivity contribution in [2.45, 2.75) is 53.4 Å². The summed E-state index contributed by atoms with van der Waals surface area (Å²) < 4.78 is 9.89. The maximum absolute atomic E-state index is 12.2. The fraction of sp³-hybridized carbons (Fsp3) is 0.278. The van der Waals surface area contributed by atoms with E-state index >= 15 is 0 Å². The molecule has 0 atom stereocenters. The Hall–Kier alpha value is -4.98. The zero-order valence-corrected chi connectivity index (χ0v) is 26.2. The molecule has 5 rings (SSSR count). The first-order valence-corrected chi connectivity index (χ1v) is 14.6. The number of aromatic amines is 2. The van der Waals surface area contributed by atoms with Gasteiger partial charge in [-0.1, -0.05) is 25.3 Å². The van der Waals surface area contributed by atoms with Crippen molar-refractivity contribution in [3.63, 3.8) is 0 Å². The van der Waals surface area contributed by atoms with Crippen molar-refractivity contribution < 1.29 is 19.1 Å². The molecule has 8 bridgehead atoms. The number of esters is 2. The van der Waals surface area contributed by atoms with Crippen LogP contribution in [-0.2, 0) is 31.9 Å². The molecule has 2 aliphatic rings. The van der Waals surface area contributed by atoms with Crippen LogP contribution in [0.3, 0.4) is 0 Å². The van der Waals surface area contributed by atoms with Gasteiger partial charge in [0.2, 0.25) is 0 Å². The zero-order valence-electron chi connectivity index (χ0n) is 26.2. The van der Waals surface area contributed by atoms with E-state index < -0.39 is 0 Å². The van der Waals surface area contributed by atoms with Crippen LogP contribution in [0, 0.1) is 13.8 Å². The average Bonchev–Trinajstić information content (AvgIpc) is 3.67. The van der Waals surface area contributed by atoms with Crippen LogP contribution >= 0.6 is 0 Å². The molecule has 5 heterocycles. The monoisotopic (exact) mass is 590 g/mol. The molecule has 0 amide bonds. The molecule has 0 fully saturated rings. The molecule has 226 valence electrons. The lowest BCUT2D eigenvalue weighted by Crippen LogP contribution is -2.02. The number of H-pyrrole nitrogens is 2. The second-order valence-corrected chi connectivity index (χ2v) is 11.1. The van der Waals surface area contributed by atoms with Gasteiger partial charge in [-0.25, -0.2) is 9.97 Å². The highest BCUT2D eigenvalue weighted by Gasteiger charge is 2.20. The Kier molecular flexibility index (Phi) is 8.54. The third-order valence-corrected chi connectivity index (χ3v) is 8.66. The van der Waals surface area contributed by atoms with E-state index in [1.165, 1.54) is 14.2 Å². The first kappa shape index (κ1) is 30.5. The topological polar surface area (TPSA) is 110 Å². The van der Waals surface area contributed by atoms with Crippen molar-refractivity contribution in [3.05, 3.63) is 94.6 Å². The number of allylic oxidation sites excluding steroid dienone is 6.